The second-order valence-corrected chi connectivity index (χ2v) is 5.93. The lowest BCUT2D eigenvalue weighted by atomic mass is 10.0. The minimum Gasteiger partial charge on any atom is -0.461 e. The van der Waals surface area contributed by atoms with Crippen LogP contribution >= 0.6 is 0 Å². The number of aromatic nitrogens is 3. The number of furan rings is 1. The minimum absolute atomic E-state index is 0.113. The molecule has 0 aromatic carbocycles. The number of amides is 1. The molecule has 0 aliphatic carbocycles. The molecule has 3 aromatic heterocycles. The molecule has 124 valence electrons. The molecule has 1 aliphatic rings. The SMILES string of the molecule is Cc1nn2c(c1C(=O)NCc1cc(-c3ccco3)on1)CCCC2. The number of carbonyl (C=O) groups is 1. The first-order chi connectivity index (χ1) is 11.7. The van der Waals surface area contributed by atoms with E-state index in [-0.39, 0.29) is 5.91 Å². The highest BCUT2D eigenvalue weighted by molar-refractivity contribution is 5.96. The summed E-state index contributed by atoms with van der Waals surface area (Å²) >= 11 is 0. The molecular formula is C17H18N4O3. The van der Waals surface area contributed by atoms with Gasteiger partial charge in [-0.2, -0.15) is 5.10 Å². The number of fused-ring (bicyclic) bond motifs is 1. The van der Waals surface area contributed by atoms with Gasteiger partial charge in [0.15, 0.2) is 5.76 Å². The van der Waals surface area contributed by atoms with Crippen LogP contribution in [-0.2, 0) is 19.5 Å². The van der Waals surface area contributed by atoms with Crippen molar-refractivity contribution in [1.82, 2.24) is 20.3 Å². The van der Waals surface area contributed by atoms with Crippen LogP contribution in [0.25, 0.3) is 11.5 Å². The molecule has 1 N–H and O–H groups in total. The maximum absolute atomic E-state index is 12.6. The predicted molar refractivity (Wildman–Crippen MR) is 85.3 cm³/mol. The van der Waals surface area contributed by atoms with Crippen molar-refractivity contribution in [2.75, 3.05) is 0 Å². The number of carbonyl (C=O) groups excluding carboxylic acids is 1. The van der Waals surface area contributed by atoms with Gasteiger partial charge in [-0.05, 0) is 38.3 Å². The monoisotopic (exact) mass is 326 g/mol. The van der Waals surface area contributed by atoms with E-state index < -0.39 is 0 Å². The zero-order valence-corrected chi connectivity index (χ0v) is 13.4. The highest BCUT2D eigenvalue weighted by Gasteiger charge is 2.23. The lowest BCUT2D eigenvalue weighted by Gasteiger charge is -2.14. The average Bonchev–Trinajstić information content (AvgIpc) is 3.31. The summed E-state index contributed by atoms with van der Waals surface area (Å²) in [6.07, 6.45) is 4.69. The molecule has 4 heterocycles. The van der Waals surface area contributed by atoms with Crippen LogP contribution in [0.3, 0.4) is 0 Å². The third kappa shape index (κ3) is 2.62. The molecule has 0 radical (unpaired) electrons. The maximum atomic E-state index is 12.6. The highest BCUT2D eigenvalue weighted by Crippen LogP contribution is 2.22. The number of rotatable bonds is 4. The van der Waals surface area contributed by atoms with Gasteiger partial charge >= 0.3 is 0 Å². The van der Waals surface area contributed by atoms with E-state index in [2.05, 4.69) is 15.6 Å². The van der Waals surface area contributed by atoms with Gasteiger partial charge in [0.1, 0.15) is 5.69 Å². The van der Waals surface area contributed by atoms with Crippen LogP contribution in [0, 0.1) is 6.92 Å². The number of nitrogens with one attached hydrogen (secondary N) is 1. The summed E-state index contributed by atoms with van der Waals surface area (Å²) in [7, 11) is 0. The Morgan fingerprint density at radius 1 is 1.38 bits per heavy atom. The Morgan fingerprint density at radius 2 is 2.29 bits per heavy atom. The Labute approximate surface area is 138 Å². The third-order valence-electron chi connectivity index (χ3n) is 4.25. The van der Waals surface area contributed by atoms with Gasteiger partial charge in [-0.1, -0.05) is 5.16 Å². The lowest BCUT2D eigenvalue weighted by Crippen LogP contribution is -2.25. The molecule has 0 bridgehead atoms. The standard InChI is InChI=1S/C17H18N4O3/c1-11-16(13-5-2-3-7-21(13)19-11)17(22)18-10-12-9-15(24-20-12)14-6-4-8-23-14/h4,6,8-9H,2-3,5,7,10H2,1H3,(H,18,22). The Balaban J connectivity index is 1.47. The van der Waals surface area contributed by atoms with Crippen molar-refractivity contribution >= 4 is 5.91 Å². The fraction of sp³-hybridized carbons (Fsp3) is 0.353. The Morgan fingerprint density at radius 3 is 3.12 bits per heavy atom. The summed E-state index contributed by atoms with van der Waals surface area (Å²) in [5, 5.41) is 11.3. The van der Waals surface area contributed by atoms with Gasteiger partial charge in [0.2, 0.25) is 5.76 Å². The van der Waals surface area contributed by atoms with Crippen LogP contribution in [-0.4, -0.2) is 20.8 Å². The molecule has 0 spiro atoms. The molecule has 3 aromatic rings. The first-order valence-electron chi connectivity index (χ1n) is 8.06. The zero-order valence-electron chi connectivity index (χ0n) is 13.4. The first kappa shape index (κ1) is 14.7. The first-order valence-corrected chi connectivity index (χ1v) is 8.06. The number of aryl methyl sites for hydroxylation is 2. The summed E-state index contributed by atoms with van der Waals surface area (Å²) in [4.78, 5) is 12.6. The van der Waals surface area contributed by atoms with Gasteiger partial charge in [0, 0.05) is 12.6 Å². The summed E-state index contributed by atoms with van der Waals surface area (Å²) in [5.41, 5.74) is 3.16. The van der Waals surface area contributed by atoms with E-state index in [1.165, 1.54) is 0 Å². The second-order valence-electron chi connectivity index (χ2n) is 5.93. The second kappa shape index (κ2) is 5.99. The smallest absolute Gasteiger partial charge is 0.255 e. The predicted octanol–water partition coefficient (Wildman–Crippen LogP) is 2.71. The summed E-state index contributed by atoms with van der Waals surface area (Å²) in [5.74, 6) is 1.04. The summed E-state index contributed by atoms with van der Waals surface area (Å²) < 4.78 is 12.5. The van der Waals surface area contributed by atoms with Crippen molar-refractivity contribution in [3.63, 3.8) is 0 Å². The van der Waals surface area contributed by atoms with Crippen molar-refractivity contribution in [3.8, 4) is 11.5 Å². The lowest BCUT2D eigenvalue weighted by molar-refractivity contribution is 0.0948. The van der Waals surface area contributed by atoms with Gasteiger partial charge in [-0.25, -0.2) is 0 Å². The van der Waals surface area contributed by atoms with E-state index in [0.29, 0.717) is 29.3 Å². The van der Waals surface area contributed by atoms with E-state index >= 15 is 0 Å². The molecule has 0 saturated heterocycles. The van der Waals surface area contributed by atoms with Gasteiger partial charge in [-0.3, -0.25) is 9.48 Å². The van der Waals surface area contributed by atoms with Gasteiger partial charge in [0.25, 0.3) is 5.91 Å². The fourth-order valence-electron chi connectivity index (χ4n) is 3.11. The van der Waals surface area contributed by atoms with Crippen LogP contribution in [0.1, 0.15) is 40.3 Å². The molecule has 0 unspecified atom stereocenters. The molecule has 1 aliphatic heterocycles. The highest BCUT2D eigenvalue weighted by atomic mass is 16.5. The van der Waals surface area contributed by atoms with Crippen LogP contribution in [0.5, 0.6) is 0 Å². The van der Waals surface area contributed by atoms with Gasteiger partial charge in [0.05, 0.1) is 29.8 Å². The minimum atomic E-state index is -0.113. The van der Waals surface area contributed by atoms with Crippen LogP contribution in [0.4, 0.5) is 0 Å². The molecule has 0 fully saturated rings. The summed E-state index contributed by atoms with van der Waals surface area (Å²) in [6.45, 7) is 3.07. The molecule has 1 amide bonds. The van der Waals surface area contributed by atoms with Crippen molar-refractivity contribution in [2.24, 2.45) is 0 Å². The van der Waals surface area contributed by atoms with Crippen LogP contribution in [0.2, 0.25) is 0 Å². The van der Waals surface area contributed by atoms with E-state index in [1.54, 1.807) is 24.5 Å². The number of nitrogens with zero attached hydrogens (tertiary/aromatic N) is 3. The van der Waals surface area contributed by atoms with E-state index in [1.807, 2.05) is 11.6 Å². The third-order valence-corrected chi connectivity index (χ3v) is 4.25. The normalized spacial score (nSPS) is 13.7. The fourth-order valence-corrected chi connectivity index (χ4v) is 3.11. The average molecular weight is 326 g/mol. The molecule has 0 saturated carbocycles. The topological polar surface area (TPSA) is 86.1 Å². The van der Waals surface area contributed by atoms with E-state index in [0.717, 1.165) is 37.2 Å². The molecule has 4 rings (SSSR count). The Kier molecular flexibility index (Phi) is 3.68. The molecular weight excluding hydrogens is 308 g/mol. The number of hydrogen-bond acceptors (Lipinski definition) is 5. The van der Waals surface area contributed by atoms with E-state index in [4.69, 9.17) is 8.94 Å². The maximum Gasteiger partial charge on any atom is 0.255 e. The Bertz CT molecular complexity index is 861. The quantitative estimate of drug-likeness (QED) is 0.796. The van der Waals surface area contributed by atoms with Crippen molar-refractivity contribution < 1.29 is 13.7 Å². The molecule has 7 nitrogen and oxygen atoms in total. The Hall–Kier alpha value is -2.83. The van der Waals surface area contributed by atoms with Crippen molar-refractivity contribution in [3.05, 3.63) is 47.1 Å². The van der Waals surface area contributed by atoms with Crippen molar-refractivity contribution in [2.45, 2.75) is 39.3 Å². The molecule has 7 heteroatoms. The van der Waals surface area contributed by atoms with Gasteiger partial charge in [-0.15, -0.1) is 0 Å². The molecule has 24 heavy (non-hydrogen) atoms. The zero-order chi connectivity index (χ0) is 16.5. The number of hydrogen-bond donors (Lipinski definition) is 1. The van der Waals surface area contributed by atoms with E-state index in [9.17, 15) is 4.79 Å². The van der Waals surface area contributed by atoms with Crippen molar-refractivity contribution in [1.29, 1.82) is 0 Å². The van der Waals surface area contributed by atoms with Crippen LogP contribution in [0.15, 0.2) is 33.4 Å². The largest absolute Gasteiger partial charge is 0.461 e. The molecule has 0 atom stereocenters. The van der Waals surface area contributed by atoms with Crippen LogP contribution < -0.4 is 5.32 Å². The summed E-state index contributed by atoms with van der Waals surface area (Å²) in [6, 6.07) is 5.34. The van der Waals surface area contributed by atoms with Gasteiger partial charge < -0.3 is 14.3 Å².